The van der Waals surface area contributed by atoms with Crippen LogP contribution < -0.4 is 0 Å². The van der Waals surface area contributed by atoms with Gasteiger partial charge in [-0.2, -0.15) is 10.2 Å². The number of non-ortho nitro benzene ring substituents is 1. The van der Waals surface area contributed by atoms with Gasteiger partial charge in [-0.1, -0.05) is 26.0 Å². The van der Waals surface area contributed by atoms with E-state index in [0.29, 0.717) is 36.6 Å². The van der Waals surface area contributed by atoms with Crippen molar-refractivity contribution in [2.45, 2.75) is 39.5 Å². The van der Waals surface area contributed by atoms with E-state index in [1.54, 1.807) is 19.1 Å². The molecule has 1 aromatic carbocycles. The summed E-state index contributed by atoms with van der Waals surface area (Å²) >= 11 is 0. The number of nitro groups is 1. The SMILES string of the molecule is CCCOCCOC(=O)C1C(C)=NN=C(CC)C1c1cccc([N+](=O)[O-])c1. The number of carbonyl (C=O) groups excluding carboxylic acids is 1. The molecule has 2 atom stereocenters. The van der Waals surface area contributed by atoms with E-state index in [9.17, 15) is 14.9 Å². The molecule has 1 heterocycles. The smallest absolute Gasteiger partial charge is 0.315 e. The molecular formula is C19H25N3O5. The fourth-order valence-electron chi connectivity index (χ4n) is 3.05. The first-order valence-electron chi connectivity index (χ1n) is 9.09. The Kier molecular flexibility index (Phi) is 7.60. The Bertz CT molecular complexity index is 745. The van der Waals surface area contributed by atoms with E-state index >= 15 is 0 Å². The first kappa shape index (κ1) is 20.7. The van der Waals surface area contributed by atoms with Crippen LogP contribution in [0.15, 0.2) is 34.5 Å². The van der Waals surface area contributed by atoms with E-state index in [2.05, 4.69) is 10.2 Å². The molecule has 0 aromatic heterocycles. The maximum Gasteiger partial charge on any atom is 0.315 e. The molecule has 0 saturated carbocycles. The second-order valence-electron chi connectivity index (χ2n) is 6.27. The highest BCUT2D eigenvalue weighted by Crippen LogP contribution is 2.34. The minimum Gasteiger partial charge on any atom is -0.463 e. The van der Waals surface area contributed by atoms with Crippen LogP contribution in [0.1, 0.15) is 45.1 Å². The number of hydrogen-bond acceptors (Lipinski definition) is 7. The molecule has 0 radical (unpaired) electrons. The number of nitrogens with zero attached hydrogens (tertiary/aromatic N) is 3. The second-order valence-corrected chi connectivity index (χ2v) is 6.27. The Hall–Kier alpha value is -2.61. The molecule has 8 nitrogen and oxygen atoms in total. The third-order valence-electron chi connectivity index (χ3n) is 4.36. The number of benzene rings is 1. The summed E-state index contributed by atoms with van der Waals surface area (Å²) in [7, 11) is 0. The van der Waals surface area contributed by atoms with Gasteiger partial charge in [0, 0.05) is 30.4 Å². The highest BCUT2D eigenvalue weighted by molar-refractivity contribution is 6.10. The van der Waals surface area contributed by atoms with Gasteiger partial charge in [0.2, 0.25) is 0 Å². The summed E-state index contributed by atoms with van der Waals surface area (Å²) in [5.74, 6) is -1.52. The zero-order chi connectivity index (χ0) is 19.8. The molecule has 1 aromatic rings. The predicted octanol–water partition coefficient (Wildman–Crippen LogP) is 3.50. The first-order valence-corrected chi connectivity index (χ1v) is 9.09. The molecule has 146 valence electrons. The van der Waals surface area contributed by atoms with Crippen LogP contribution in [0, 0.1) is 16.0 Å². The normalized spacial score (nSPS) is 19.2. The van der Waals surface area contributed by atoms with E-state index in [4.69, 9.17) is 9.47 Å². The Morgan fingerprint density at radius 2 is 2.00 bits per heavy atom. The summed E-state index contributed by atoms with van der Waals surface area (Å²) in [6.07, 6.45) is 1.47. The van der Waals surface area contributed by atoms with Gasteiger partial charge < -0.3 is 9.47 Å². The Balaban J connectivity index is 2.25. The summed E-state index contributed by atoms with van der Waals surface area (Å²) in [6.45, 7) is 6.75. The van der Waals surface area contributed by atoms with E-state index in [1.165, 1.54) is 12.1 Å². The second kappa shape index (κ2) is 9.91. The molecule has 2 rings (SSSR count). The van der Waals surface area contributed by atoms with Crippen molar-refractivity contribution in [3.63, 3.8) is 0 Å². The van der Waals surface area contributed by atoms with Gasteiger partial charge in [0.1, 0.15) is 12.5 Å². The summed E-state index contributed by atoms with van der Waals surface area (Å²) in [4.78, 5) is 23.4. The van der Waals surface area contributed by atoms with Crippen LogP contribution in [-0.4, -0.2) is 42.1 Å². The molecule has 27 heavy (non-hydrogen) atoms. The zero-order valence-corrected chi connectivity index (χ0v) is 15.9. The summed E-state index contributed by atoms with van der Waals surface area (Å²) in [5, 5.41) is 19.5. The van der Waals surface area contributed by atoms with Crippen LogP contribution in [0.2, 0.25) is 0 Å². The van der Waals surface area contributed by atoms with Gasteiger partial charge in [-0.05, 0) is 25.3 Å². The summed E-state index contributed by atoms with van der Waals surface area (Å²) < 4.78 is 10.7. The molecule has 0 spiro atoms. The molecule has 0 aliphatic carbocycles. The van der Waals surface area contributed by atoms with Gasteiger partial charge in [0.05, 0.1) is 17.2 Å². The largest absolute Gasteiger partial charge is 0.463 e. The Labute approximate surface area is 158 Å². The predicted molar refractivity (Wildman–Crippen MR) is 102 cm³/mol. The molecule has 1 aliphatic rings. The quantitative estimate of drug-likeness (QED) is 0.284. The van der Waals surface area contributed by atoms with Crippen LogP contribution in [-0.2, 0) is 14.3 Å². The minimum atomic E-state index is -0.661. The number of carbonyl (C=O) groups is 1. The van der Waals surface area contributed by atoms with Crippen LogP contribution in [0.5, 0.6) is 0 Å². The molecule has 0 amide bonds. The Morgan fingerprint density at radius 1 is 1.22 bits per heavy atom. The number of ether oxygens (including phenoxy) is 2. The van der Waals surface area contributed by atoms with Crippen LogP contribution >= 0.6 is 0 Å². The van der Waals surface area contributed by atoms with E-state index in [0.717, 1.165) is 6.42 Å². The lowest BCUT2D eigenvalue weighted by Crippen LogP contribution is -2.37. The number of esters is 1. The van der Waals surface area contributed by atoms with Gasteiger partial charge in [0.25, 0.3) is 5.69 Å². The number of hydrogen-bond donors (Lipinski definition) is 0. The van der Waals surface area contributed by atoms with E-state index in [-0.39, 0.29) is 12.3 Å². The molecule has 0 N–H and O–H groups in total. The van der Waals surface area contributed by atoms with Crippen molar-refractivity contribution in [2.75, 3.05) is 19.8 Å². The van der Waals surface area contributed by atoms with Crippen molar-refractivity contribution in [2.24, 2.45) is 16.1 Å². The van der Waals surface area contributed by atoms with Gasteiger partial charge in [0.15, 0.2) is 0 Å². The Morgan fingerprint density at radius 3 is 2.67 bits per heavy atom. The number of rotatable bonds is 9. The van der Waals surface area contributed by atoms with Gasteiger partial charge in [-0.25, -0.2) is 0 Å². The minimum absolute atomic E-state index is 0.0248. The van der Waals surface area contributed by atoms with Crippen LogP contribution in [0.3, 0.4) is 0 Å². The average molecular weight is 375 g/mol. The fraction of sp³-hybridized carbons (Fsp3) is 0.526. The number of nitro benzene ring substituents is 1. The van der Waals surface area contributed by atoms with Crippen molar-refractivity contribution in [1.82, 2.24) is 0 Å². The highest BCUT2D eigenvalue weighted by Gasteiger charge is 2.39. The maximum atomic E-state index is 12.8. The average Bonchev–Trinajstić information content (AvgIpc) is 2.67. The van der Waals surface area contributed by atoms with Crippen molar-refractivity contribution < 1.29 is 19.2 Å². The fourth-order valence-corrected chi connectivity index (χ4v) is 3.05. The van der Waals surface area contributed by atoms with Crippen LogP contribution in [0.4, 0.5) is 5.69 Å². The third kappa shape index (κ3) is 5.19. The first-order chi connectivity index (χ1) is 13.0. The molecule has 0 fully saturated rings. The third-order valence-corrected chi connectivity index (χ3v) is 4.36. The van der Waals surface area contributed by atoms with E-state index < -0.39 is 22.7 Å². The van der Waals surface area contributed by atoms with Crippen molar-refractivity contribution >= 4 is 23.1 Å². The summed E-state index contributed by atoms with van der Waals surface area (Å²) in [5.41, 5.74) is 1.86. The monoisotopic (exact) mass is 375 g/mol. The van der Waals surface area contributed by atoms with Crippen molar-refractivity contribution in [3.05, 3.63) is 39.9 Å². The lowest BCUT2D eigenvalue weighted by atomic mass is 9.78. The van der Waals surface area contributed by atoms with Crippen molar-refractivity contribution in [1.29, 1.82) is 0 Å². The van der Waals surface area contributed by atoms with E-state index in [1.807, 2.05) is 13.8 Å². The molecule has 8 heteroatoms. The lowest BCUT2D eigenvalue weighted by molar-refractivity contribution is -0.384. The zero-order valence-electron chi connectivity index (χ0n) is 15.9. The van der Waals surface area contributed by atoms with Gasteiger partial charge >= 0.3 is 5.97 Å². The molecule has 1 aliphatic heterocycles. The molecule has 0 bridgehead atoms. The van der Waals surface area contributed by atoms with Gasteiger partial charge in [-0.15, -0.1) is 0 Å². The topological polar surface area (TPSA) is 103 Å². The molecule has 0 saturated heterocycles. The highest BCUT2D eigenvalue weighted by atomic mass is 16.6. The summed E-state index contributed by atoms with van der Waals surface area (Å²) in [6, 6.07) is 6.29. The van der Waals surface area contributed by atoms with Crippen LogP contribution in [0.25, 0.3) is 0 Å². The maximum absolute atomic E-state index is 12.8. The van der Waals surface area contributed by atoms with Gasteiger partial charge in [-0.3, -0.25) is 14.9 Å². The lowest BCUT2D eigenvalue weighted by Gasteiger charge is -2.29. The molecular weight excluding hydrogens is 350 g/mol. The van der Waals surface area contributed by atoms with Crippen molar-refractivity contribution in [3.8, 4) is 0 Å². The molecule has 2 unspecified atom stereocenters. The standard InChI is InChI=1S/C19H25N3O5/c1-4-9-26-10-11-27-19(23)17-13(3)20-21-16(5-2)18(17)14-7-6-8-15(12-14)22(24)25/h6-8,12,17-18H,4-5,9-11H2,1-3H3.